The normalized spacial score (nSPS) is 25.0. The van der Waals surface area contributed by atoms with Crippen molar-refractivity contribution in [1.82, 2.24) is 0 Å². The molecule has 0 saturated heterocycles. The van der Waals surface area contributed by atoms with Crippen LogP contribution in [0.2, 0.25) is 0 Å². The summed E-state index contributed by atoms with van der Waals surface area (Å²) in [4.78, 5) is 10.6. The van der Waals surface area contributed by atoms with Crippen LogP contribution in [0.1, 0.15) is 17.9 Å². The van der Waals surface area contributed by atoms with Crippen molar-refractivity contribution in [3.63, 3.8) is 0 Å². The minimum Gasteiger partial charge on any atom is -0.468 e. The van der Waals surface area contributed by atoms with E-state index >= 15 is 0 Å². The number of rotatable bonds is 4. The zero-order chi connectivity index (χ0) is 14.6. The van der Waals surface area contributed by atoms with Crippen LogP contribution in [-0.4, -0.2) is 24.0 Å². The molecule has 0 fully saturated rings. The van der Waals surface area contributed by atoms with Crippen LogP contribution >= 0.6 is 24.0 Å². The maximum Gasteiger partial charge on any atom is 0.322 e. The number of benzene rings is 1. The Labute approximate surface area is 136 Å². The third-order valence-electron chi connectivity index (χ3n) is 3.38. The zero-order valence-electron chi connectivity index (χ0n) is 11.7. The molecule has 2 rings (SSSR count). The molecule has 0 bridgehead atoms. The van der Waals surface area contributed by atoms with Crippen LogP contribution in [0.15, 0.2) is 54.6 Å². The summed E-state index contributed by atoms with van der Waals surface area (Å²) in [5.74, 6) is -0.241. The molecule has 21 heavy (non-hydrogen) atoms. The predicted octanol–water partition coefficient (Wildman–Crippen LogP) is 3.19. The fourth-order valence-corrected chi connectivity index (χ4v) is 2.56. The maximum absolute atomic E-state index is 11.4. The molecule has 3 nitrogen and oxygen atoms in total. The van der Waals surface area contributed by atoms with Crippen molar-refractivity contribution in [3.05, 3.63) is 60.2 Å². The number of carbonyl (C=O) groups is 1. The fourth-order valence-electron chi connectivity index (χ4n) is 2.25. The maximum atomic E-state index is 11.4. The molecule has 1 aromatic carbocycles. The molecule has 1 atom stereocenters. The van der Waals surface area contributed by atoms with E-state index in [0.29, 0.717) is 6.42 Å². The van der Waals surface area contributed by atoms with Crippen LogP contribution in [0.3, 0.4) is 0 Å². The van der Waals surface area contributed by atoms with E-state index < -0.39 is 16.9 Å². The van der Waals surface area contributed by atoms with Gasteiger partial charge < -0.3 is 10.5 Å². The number of carbonyl (C=O) groups excluding carboxylic acids is 1. The second kappa shape index (κ2) is 7.64. The number of hydrogen-bond donors (Lipinski definition) is 1. The average Bonchev–Trinajstić information content (AvgIpc) is 2.47. The first kappa shape index (κ1) is 17.8. The molecule has 1 aliphatic carbocycles. The third-order valence-corrected chi connectivity index (χ3v) is 3.79. The van der Waals surface area contributed by atoms with E-state index in [9.17, 15) is 4.79 Å². The van der Waals surface area contributed by atoms with Crippen molar-refractivity contribution in [3.8, 4) is 0 Å². The summed E-state index contributed by atoms with van der Waals surface area (Å²) in [5, 5.41) is 0. The van der Waals surface area contributed by atoms with Crippen LogP contribution in [-0.2, 0) is 9.53 Å². The van der Waals surface area contributed by atoms with Gasteiger partial charge in [0.15, 0.2) is 0 Å². The largest absolute Gasteiger partial charge is 0.468 e. The molecule has 1 aliphatic rings. The third kappa shape index (κ3) is 4.60. The highest BCUT2D eigenvalue weighted by atomic mass is 35.5. The van der Waals surface area contributed by atoms with Crippen molar-refractivity contribution >= 4 is 30.0 Å². The minimum absolute atomic E-state index is 0. The van der Waals surface area contributed by atoms with Gasteiger partial charge in [-0.3, -0.25) is 4.79 Å². The van der Waals surface area contributed by atoms with Gasteiger partial charge in [-0.25, -0.2) is 0 Å². The lowest BCUT2D eigenvalue weighted by Gasteiger charge is -2.26. The molecule has 0 saturated carbocycles. The molecule has 0 aliphatic heterocycles. The molecule has 0 unspecified atom stereocenters. The molecule has 5 heteroatoms. The monoisotopic (exact) mass is 327 g/mol. The van der Waals surface area contributed by atoms with Gasteiger partial charge in [0, 0.05) is 5.92 Å². The summed E-state index contributed by atoms with van der Waals surface area (Å²) < 4.78 is 4.62. The van der Waals surface area contributed by atoms with E-state index in [0.717, 1.165) is 0 Å². The Balaban J connectivity index is 0.00000220. The molecule has 114 valence electrons. The van der Waals surface area contributed by atoms with Crippen LogP contribution in [0, 0.1) is 0 Å². The molecule has 1 aromatic rings. The molecule has 0 radical (unpaired) electrons. The second-order valence-electron chi connectivity index (χ2n) is 4.92. The van der Waals surface area contributed by atoms with Gasteiger partial charge in [0.2, 0.25) is 0 Å². The number of halogens is 2. The number of hydrogen-bond acceptors (Lipinski definition) is 3. The van der Waals surface area contributed by atoms with Gasteiger partial charge in [0.1, 0.15) is 6.04 Å². The molecule has 0 spiro atoms. The Morgan fingerprint density at radius 3 is 2.43 bits per heavy atom. The van der Waals surface area contributed by atoms with Gasteiger partial charge in [0.25, 0.3) is 0 Å². The molecule has 0 aromatic heterocycles. The van der Waals surface area contributed by atoms with E-state index in [-0.39, 0.29) is 18.3 Å². The number of methoxy groups -OCH3 is 1. The van der Waals surface area contributed by atoms with Gasteiger partial charge in [-0.05, 0) is 12.0 Å². The summed E-state index contributed by atoms with van der Waals surface area (Å²) in [7, 11) is 1.32. The Kier molecular flexibility index (Phi) is 6.46. The number of nitrogens with two attached hydrogens (primary N) is 1. The Bertz CT molecular complexity index is 514. The standard InChI is InChI=1S/C16H18ClNO2.ClH/c1-20-15(19)14(18)11-16(17)9-7-13(8-10-16)12-5-3-2-4-6-12;/h2-10,13-14H,11,18H2,1H3;1H/t13?,14-,16?;/m0./s1. The minimum atomic E-state index is -0.723. The van der Waals surface area contributed by atoms with Gasteiger partial charge in [0.05, 0.1) is 12.0 Å². The topological polar surface area (TPSA) is 52.3 Å². The lowest BCUT2D eigenvalue weighted by atomic mass is 9.87. The summed E-state index contributed by atoms with van der Waals surface area (Å²) >= 11 is 6.46. The van der Waals surface area contributed by atoms with Crippen LogP contribution < -0.4 is 5.73 Å². The van der Waals surface area contributed by atoms with Crippen molar-refractivity contribution in [2.45, 2.75) is 23.3 Å². The summed E-state index contributed by atoms with van der Waals surface area (Å²) in [5.41, 5.74) is 6.97. The SMILES string of the molecule is COC(=O)[C@@H](N)CC1(Cl)C=CC(c2ccccc2)C=C1.Cl. The van der Waals surface area contributed by atoms with Gasteiger partial charge in [-0.1, -0.05) is 54.6 Å². The van der Waals surface area contributed by atoms with E-state index in [1.165, 1.54) is 12.7 Å². The van der Waals surface area contributed by atoms with Crippen molar-refractivity contribution in [2.75, 3.05) is 7.11 Å². The summed E-state index contributed by atoms with van der Waals surface area (Å²) in [6.45, 7) is 0. The smallest absolute Gasteiger partial charge is 0.322 e. The number of allylic oxidation sites excluding steroid dienone is 4. The quantitative estimate of drug-likeness (QED) is 0.525. The molecular weight excluding hydrogens is 309 g/mol. The van der Waals surface area contributed by atoms with Crippen molar-refractivity contribution in [1.29, 1.82) is 0 Å². The predicted molar refractivity (Wildman–Crippen MR) is 87.9 cm³/mol. The molecule has 2 N–H and O–H groups in total. The summed E-state index contributed by atoms with van der Waals surface area (Å²) in [6.07, 6.45) is 8.18. The second-order valence-corrected chi connectivity index (χ2v) is 5.62. The first-order valence-corrected chi connectivity index (χ1v) is 6.88. The molecule has 0 heterocycles. The van der Waals surface area contributed by atoms with Gasteiger partial charge in [-0.15, -0.1) is 24.0 Å². The highest BCUT2D eigenvalue weighted by molar-refractivity contribution is 6.27. The van der Waals surface area contributed by atoms with E-state index in [1.54, 1.807) is 0 Å². The van der Waals surface area contributed by atoms with E-state index in [2.05, 4.69) is 16.9 Å². The van der Waals surface area contributed by atoms with Crippen molar-refractivity contribution in [2.24, 2.45) is 5.73 Å². The number of ether oxygens (including phenoxy) is 1. The Hall–Kier alpha value is -1.29. The Morgan fingerprint density at radius 2 is 1.90 bits per heavy atom. The highest BCUT2D eigenvalue weighted by Crippen LogP contribution is 2.33. The number of alkyl halides is 1. The molecular formula is C16H19Cl2NO2. The Morgan fingerprint density at radius 1 is 1.33 bits per heavy atom. The highest BCUT2D eigenvalue weighted by Gasteiger charge is 2.30. The van der Waals surface area contributed by atoms with Crippen LogP contribution in [0.4, 0.5) is 0 Å². The van der Waals surface area contributed by atoms with Gasteiger partial charge >= 0.3 is 5.97 Å². The first-order chi connectivity index (χ1) is 9.54. The summed E-state index contributed by atoms with van der Waals surface area (Å²) in [6, 6.07) is 9.42. The van der Waals surface area contributed by atoms with Crippen LogP contribution in [0.25, 0.3) is 0 Å². The van der Waals surface area contributed by atoms with Crippen molar-refractivity contribution < 1.29 is 9.53 Å². The zero-order valence-corrected chi connectivity index (χ0v) is 13.3. The number of esters is 1. The molecule has 0 amide bonds. The lowest BCUT2D eigenvalue weighted by Crippen LogP contribution is -2.38. The first-order valence-electron chi connectivity index (χ1n) is 6.50. The van der Waals surface area contributed by atoms with Crippen LogP contribution in [0.5, 0.6) is 0 Å². The fraction of sp³-hybridized carbons (Fsp3) is 0.312. The van der Waals surface area contributed by atoms with Gasteiger partial charge in [-0.2, -0.15) is 0 Å². The van der Waals surface area contributed by atoms with E-state index in [4.69, 9.17) is 17.3 Å². The average molecular weight is 328 g/mol. The lowest BCUT2D eigenvalue weighted by molar-refractivity contribution is -0.142. The van der Waals surface area contributed by atoms with E-state index in [1.807, 2.05) is 42.5 Å².